The second-order valence-electron chi connectivity index (χ2n) is 7.10. The fourth-order valence-corrected chi connectivity index (χ4v) is 3.61. The normalized spacial score (nSPS) is 26.0. The van der Waals surface area contributed by atoms with Gasteiger partial charge in [0, 0.05) is 77.9 Å². The first-order valence-corrected chi connectivity index (χ1v) is 8.77. The van der Waals surface area contributed by atoms with Gasteiger partial charge in [-0.25, -0.2) is 9.97 Å². The Labute approximate surface area is 144 Å². The predicted molar refractivity (Wildman–Crippen MR) is 93.0 cm³/mol. The molecule has 1 aromatic heterocycles. The van der Waals surface area contributed by atoms with E-state index < -0.39 is 0 Å². The van der Waals surface area contributed by atoms with Gasteiger partial charge in [0.15, 0.2) is 0 Å². The lowest BCUT2D eigenvalue weighted by atomic mass is 9.96. The largest absolute Gasteiger partial charge is 0.396 e. The zero-order valence-electron chi connectivity index (χ0n) is 14.8. The molecule has 134 valence electrons. The van der Waals surface area contributed by atoms with Gasteiger partial charge < -0.3 is 14.7 Å². The van der Waals surface area contributed by atoms with Gasteiger partial charge in [0.1, 0.15) is 0 Å². The zero-order valence-corrected chi connectivity index (χ0v) is 14.8. The van der Waals surface area contributed by atoms with Crippen LogP contribution in [0.5, 0.6) is 0 Å². The molecule has 0 unspecified atom stereocenters. The molecule has 0 aliphatic carbocycles. The minimum absolute atomic E-state index is 0.265. The van der Waals surface area contributed by atoms with Crippen LogP contribution in [0.3, 0.4) is 0 Å². The Hall–Kier alpha value is -1.28. The number of ether oxygens (including phenoxy) is 1. The van der Waals surface area contributed by atoms with Gasteiger partial charge >= 0.3 is 0 Å². The van der Waals surface area contributed by atoms with Crippen molar-refractivity contribution in [3.05, 3.63) is 18.0 Å². The molecule has 2 aliphatic rings. The van der Waals surface area contributed by atoms with E-state index in [2.05, 4.69) is 19.8 Å². The summed E-state index contributed by atoms with van der Waals surface area (Å²) in [6.45, 7) is 7.82. The van der Waals surface area contributed by atoms with Gasteiger partial charge in [-0.1, -0.05) is 0 Å². The number of likely N-dealkylation sites (tertiary alicyclic amines) is 1. The van der Waals surface area contributed by atoms with E-state index in [4.69, 9.17) is 4.74 Å². The van der Waals surface area contributed by atoms with Gasteiger partial charge in [-0.15, -0.1) is 0 Å². The van der Waals surface area contributed by atoms with Crippen LogP contribution in [0.15, 0.2) is 12.4 Å². The molecule has 0 aromatic carbocycles. The summed E-state index contributed by atoms with van der Waals surface area (Å²) in [6, 6.07) is 0. The first kappa shape index (κ1) is 17.5. The molecule has 2 aliphatic heterocycles. The molecule has 2 saturated heterocycles. The van der Waals surface area contributed by atoms with Crippen molar-refractivity contribution >= 4 is 5.95 Å². The molecule has 0 radical (unpaired) electrons. The lowest BCUT2D eigenvalue weighted by Crippen LogP contribution is -2.41. The van der Waals surface area contributed by atoms with Crippen LogP contribution in [-0.2, 0) is 11.3 Å². The second kappa shape index (κ2) is 8.20. The minimum Gasteiger partial charge on any atom is -0.396 e. The van der Waals surface area contributed by atoms with E-state index in [0.717, 1.165) is 64.0 Å². The summed E-state index contributed by atoms with van der Waals surface area (Å²) < 4.78 is 5.43. The predicted octanol–water partition coefficient (Wildman–Crippen LogP) is -0.0849. The summed E-state index contributed by atoms with van der Waals surface area (Å²) in [4.78, 5) is 15.6. The van der Waals surface area contributed by atoms with Crippen molar-refractivity contribution in [2.75, 3.05) is 71.5 Å². The maximum absolute atomic E-state index is 9.75. The molecule has 3 rings (SSSR count). The maximum Gasteiger partial charge on any atom is 0.224 e. The van der Waals surface area contributed by atoms with Crippen molar-refractivity contribution in [2.45, 2.75) is 6.54 Å². The van der Waals surface area contributed by atoms with Gasteiger partial charge in [-0.2, -0.15) is 0 Å². The zero-order chi connectivity index (χ0) is 16.9. The van der Waals surface area contributed by atoms with Crippen molar-refractivity contribution < 1.29 is 9.84 Å². The molecule has 2 fully saturated rings. The van der Waals surface area contributed by atoms with Crippen molar-refractivity contribution in [3.8, 4) is 0 Å². The van der Waals surface area contributed by atoms with Gasteiger partial charge in [0.25, 0.3) is 0 Å². The van der Waals surface area contributed by atoms with Crippen LogP contribution in [0.1, 0.15) is 5.56 Å². The van der Waals surface area contributed by atoms with E-state index in [9.17, 15) is 5.11 Å². The minimum atomic E-state index is 0.265. The first-order chi connectivity index (χ1) is 11.7. The molecule has 1 aromatic rings. The third-order valence-electron chi connectivity index (χ3n) is 4.98. The van der Waals surface area contributed by atoms with Crippen molar-refractivity contribution in [2.24, 2.45) is 11.8 Å². The lowest BCUT2D eigenvalue weighted by Gasteiger charge is -2.30. The average Bonchev–Trinajstić information content (AvgIpc) is 2.97. The third-order valence-corrected chi connectivity index (χ3v) is 4.98. The van der Waals surface area contributed by atoms with Crippen molar-refractivity contribution in [1.82, 2.24) is 19.8 Å². The fourth-order valence-electron chi connectivity index (χ4n) is 3.61. The van der Waals surface area contributed by atoms with E-state index in [1.165, 1.54) is 0 Å². The number of aromatic nitrogens is 2. The quantitative estimate of drug-likeness (QED) is 0.780. The molecule has 7 heteroatoms. The molecule has 2 atom stereocenters. The summed E-state index contributed by atoms with van der Waals surface area (Å²) in [5.41, 5.74) is 1.13. The Balaban J connectivity index is 1.55. The number of aliphatic hydroxyl groups is 1. The number of hydrogen-bond donors (Lipinski definition) is 1. The van der Waals surface area contributed by atoms with E-state index in [-0.39, 0.29) is 6.61 Å². The monoisotopic (exact) mass is 335 g/mol. The lowest BCUT2D eigenvalue weighted by molar-refractivity contribution is 0.0264. The van der Waals surface area contributed by atoms with Crippen LogP contribution in [-0.4, -0.2) is 91.5 Å². The molecule has 7 nitrogen and oxygen atoms in total. The Morgan fingerprint density at radius 2 is 1.79 bits per heavy atom. The SMILES string of the molecule is CN(C)c1ncc(CN2C[C@@H](CN3CCOCC3)[C@@H](CO)C2)cn1. The van der Waals surface area contributed by atoms with Gasteiger partial charge in [0.05, 0.1) is 13.2 Å². The summed E-state index contributed by atoms with van der Waals surface area (Å²) in [7, 11) is 3.88. The molecule has 24 heavy (non-hydrogen) atoms. The van der Waals surface area contributed by atoms with Crippen LogP contribution in [0.4, 0.5) is 5.95 Å². The second-order valence-corrected chi connectivity index (χ2v) is 7.10. The van der Waals surface area contributed by atoms with Gasteiger partial charge in [-0.3, -0.25) is 9.80 Å². The Kier molecular flexibility index (Phi) is 5.99. The molecular formula is C17H29N5O2. The number of morpholine rings is 1. The Morgan fingerprint density at radius 3 is 2.42 bits per heavy atom. The Morgan fingerprint density at radius 1 is 1.12 bits per heavy atom. The number of hydrogen-bond acceptors (Lipinski definition) is 7. The highest BCUT2D eigenvalue weighted by molar-refractivity contribution is 5.26. The van der Waals surface area contributed by atoms with Gasteiger partial charge in [-0.05, 0) is 11.8 Å². The van der Waals surface area contributed by atoms with Crippen LogP contribution >= 0.6 is 0 Å². The van der Waals surface area contributed by atoms with Gasteiger partial charge in [0.2, 0.25) is 5.95 Å². The standard InChI is InChI=1S/C17H29N5O2/c1-20(2)17-18-7-14(8-19-17)9-22-11-15(16(12-22)13-23)10-21-3-5-24-6-4-21/h7-8,15-16,23H,3-6,9-13H2,1-2H3/t15-,16-/m1/s1. The van der Waals surface area contributed by atoms with E-state index in [0.29, 0.717) is 11.8 Å². The van der Waals surface area contributed by atoms with Crippen LogP contribution < -0.4 is 4.90 Å². The highest BCUT2D eigenvalue weighted by Crippen LogP contribution is 2.25. The van der Waals surface area contributed by atoms with E-state index in [1.807, 2.05) is 31.4 Å². The van der Waals surface area contributed by atoms with Crippen molar-refractivity contribution in [1.29, 1.82) is 0 Å². The average molecular weight is 335 g/mol. The Bertz CT molecular complexity index is 504. The molecule has 1 N–H and O–H groups in total. The number of anilines is 1. The fraction of sp³-hybridized carbons (Fsp3) is 0.765. The molecule has 0 spiro atoms. The molecule has 0 amide bonds. The van der Waals surface area contributed by atoms with E-state index in [1.54, 1.807) is 0 Å². The van der Waals surface area contributed by atoms with Crippen LogP contribution in [0.2, 0.25) is 0 Å². The summed E-state index contributed by atoms with van der Waals surface area (Å²) in [5.74, 6) is 1.61. The van der Waals surface area contributed by atoms with Crippen LogP contribution in [0.25, 0.3) is 0 Å². The topological polar surface area (TPSA) is 65.0 Å². The first-order valence-electron chi connectivity index (χ1n) is 8.77. The maximum atomic E-state index is 9.75. The number of nitrogens with zero attached hydrogens (tertiary/aromatic N) is 5. The van der Waals surface area contributed by atoms with Crippen LogP contribution in [0, 0.1) is 11.8 Å². The third kappa shape index (κ3) is 4.42. The molecular weight excluding hydrogens is 306 g/mol. The van der Waals surface area contributed by atoms with Crippen molar-refractivity contribution in [3.63, 3.8) is 0 Å². The molecule has 0 bridgehead atoms. The number of rotatable bonds is 6. The molecule has 3 heterocycles. The smallest absolute Gasteiger partial charge is 0.224 e. The molecule has 0 saturated carbocycles. The summed E-state index contributed by atoms with van der Waals surface area (Å²) in [6.07, 6.45) is 3.82. The van der Waals surface area contributed by atoms with E-state index >= 15 is 0 Å². The summed E-state index contributed by atoms with van der Waals surface area (Å²) in [5, 5.41) is 9.75. The summed E-state index contributed by atoms with van der Waals surface area (Å²) >= 11 is 0. The highest BCUT2D eigenvalue weighted by atomic mass is 16.5. The number of aliphatic hydroxyl groups excluding tert-OH is 1. The highest BCUT2D eigenvalue weighted by Gasteiger charge is 2.33.